The van der Waals surface area contributed by atoms with Crippen molar-refractivity contribution in [1.29, 1.82) is 0 Å². The third kappa shape index (κ3) is 4.45. The van der Waals surface area contributed by atoms with Gasteiger partial charge in [-0.15, -0.1) is 0 Å². The molecule has 0 saturated heterocycles. The van der Waals surface area contributed by atoms with Crippen LogP contribution in [0.1, 0.15) is 12.0 Å². The van der Waals surface area contributed by atoms with Crippen molar-refractivity contribution in [2.75, 3.05) is 33.8 Å². The van der Waals surface area contributed by atoms with Gasteiger partial charge in [0.2, 0.25) is 0 Å². The second-order valence-electron chi connectivity index (χ2n) is 4.94. The van der Waals surface area contributed by atoms with Gasteiger partial charge in [-0.05, 0) is 43.8 Å². The first-order valence-electron chi connectivity index (χ1n) is 6.74. The van der Waals surface area contributed by atoms with Gasteiger partial charge in [-0.1, -0.05) is 24.3 Å². The van der Waals surface area contributed by atoms with E-state index in [0.29, 0.717) is 0 Å². The summed E-state index contributed by atoms with van der Waals surface area (Å²) in [6, 6.07) is 8.28. The van der Waals surface area contributed by atoms with E-state index in [1.54, 1.807) is 0 Å². The molecule has 0 unspecified atom stereocenters. The number of allylic oxidation sites excluding steroid dienone is 2. The van der Waals surface area contributed by atoms with Crippen LogP contribution in [-0.4, -0.2) is 38.7 Å². The van der Waals surface area contributed by atoms with Gasteiger partial charge in [-0.2, -0.15) is 0 Å². The van der Waals surface area contributed by atoms with Crippen molar-refractivity contribution >= 4 is 5.57 Å². The van der Waals surface area contributed by atoms with Crippen molar-refractivity contribution in [1.82, 2.24) is 10.2 Å². The number of dihydropyridines is 1. The summed E-state index contributed by atoms with van der Waals surface area (Å²) >= 11 is 0. The van der Waals surface area contributed by atoms with Gasteiger partial charge in [0.25, 0.3) is 0 Å². The molecule has 0 saturated carbocycles. The molecule has 1 aliphatic rings. The molecule has 0 spiro atoms. The predicted octanol–water partition coefficient (Wildman–Crippen LogP) is 2.52. The second-order valence-corrected chi connectivity index (χ2v) is 4.94. The summed E-state index contributed by atoms with van der Waals surface area (Å²) in [6.45, 7) is 2.74. The Morgan fingerprint density at radius 3 is 2.63 bits per heavy atom. The SMILES string of the molecule is CN(C)CCCOc1ccc(C2=CNCC=C2)cc1. The van der Waals surface area contributed by atoms with Crippen molar-refractivity contribution in [3.05, 3.63) is 48.2 Å². The molecule has 1 aromatic rings. The number of rotatable bonds is 6. The number of ether oxygens (including phenoxy) is 1. The lowest BCUT2D eigenvalue weighted by molar-refractivity contribution is 0.281. The van der Waals surface area contributed by atoms with E-state index in [2.05, 4.69) is 48.6 Å². The van der Waals surface area contributed by atoms with E-state index in [-0.39, 0.29) is 0 Å². The molecule has 0 fully saturated rings. The summed E-state index contributed by atoms with van der Waals surface area (Å²) in [5.41, 5.74) is 2.43. The second kappa shape index (κ2) is 7.00. The van der Waals surface area contributed by atoms with Crippen LogP contribution in [0.2, 0.25) is 0 Å². The van der Waals surface area contributed by atoms with E-state index in [9.17, 15) is 0 Å². The van der Waals surface area contributed by atoms with Crippen LogP contribution in [-0.2, 0) is 0 Å². The Labute approximate surface area is 115 Å². The van der Waals surface area contributed by atoms with Gasteiger partial charge >= 0.3 is 0 Å². The van der Waals surface area contributed by atoms with Crippen LogP contribution in [0.15, 0.2) is 42.6 Å². The molecule has 1 aliphatic heterocycles. The molecule has 0 atom stereocenters. The van der Waals surface area contributed by atoms with Crippen molar-refractivity contribution in [2.45, 2.75) is 6.42 Å². The Balaban J connectivity index is 1.84. The highest BCUT2D eigenvalue weighted by Crippen LogP contribution is 2.20. The molecule has 1 N–H and O–H groups in total. The van der Waals surface area contributed by atoms with Crippen LogP contribution in [0.25, 0.3) is 5.57 Å². The molecule has 1 aromatic carbocycles. The molecule has 3 heteroatoms. The zero-order valence-corrected chi connectivity index (χ0v) is 11.7. The standard InChI is InChI=1S/C16H22N2O/c1-18(2)11-4-12-19-16-8-6-14(7-9-16)15-5-3-10-17-13-15/h3,5-9,13,17H,4,10-12H2,1-2H3. The number of nitrogens with one attached hydrogen (secondary N) is 1. The van der Waals surface area contributed by atoms with Gasteiger partial charge in [0.05, 0.1) is 6.61 Å². The fourth-order valence-corrected chi connectivity index (χ4v) is 1.96. The van der Waals surface area contributed by atoms with Crippen LogP contribution < -0.4 is 10.1 Å². The molecule has 19 heavy (non-hydrogen) atoms. The average molecular weight is 258 g/mol. The maximum absolute atomic E-state index is 5.72. The minimum Gasteiger partial charge on any atom is -0.494 e. The summed E-state index contributed by atoms with van der Waals surface area (Å²) < 4.78 is 5.72. The average Bonchev–Trinajstić information content (AvgIpc) is 2.45. The number of benzene rings is 1. The van der Waals surface area contributed by atoms with Crippen molar-refractivity contribution in [3.8, 4) is 5.75 Å². The lowest BCUT2D eigenvalue weighted by Gasteiger charge is -2.12. The van der Waals surface area contributed by atoms with E-state index in [4.69, 9.17) is 4.74 Å². The zero-order chi connectivity index (χ0) is 13.5. The molecular weight excluding hydrogens is 236 g/mol. The maximum atomic E-state index is 5.72. The first kappa shape index (κ1) is 13.7. The maximum Gasteiger partial charge on any atom is 0.119 e. The van der Waals surface area contributed by atoms with Gasteiger partial charge in [-0.3, -0.25) is 0 Å². The van der Waals surface area contributed by atoms with Crippen LogP contribution in [0.5, 0.6) is 5.75 Å². The van der Waals surface area contributed by atoms with Crippen molar-refractivity contribution in [3.63, 3.8) is 0 Å². The normalized spacial score (nSPS) is 14.2. The summed E-state index contributed by atoms with van der Waals surface area (Å²) in [6.07, 6.45) is 7.37. The van der Waals surface area contributed by atoms with E-state index in [1.165, 1.54) is 11.1 Å². The molecule has 102 valence electrons. The number of hydrogen-bond donors (Lipinski definition) is 1. The predicted molar refractivity (Wildman–Crippen MR) is 80.2 cm³/mol. The fourth-order valence-electron chi connectivity index (χ4n) is 1.96. The zero-order valence-electron chi connectivity index (χ0n) is 11.7. The molecule has 0 bridgehead atoms. The molecule has 2 rings (SSSR count). The van der Waals surface area contributed by atoms with Crippen LogP contribution in [0, 0.1) is 0 Å². The molecule has 0 radical (unpaired) electrons. The van der Waals surface area contributed by atoms with E-state index < -0.39 is 0 Å². The van der Waals surface area contributed by atoms with Gasteiger partial charge in [0.1, 0.15) is 5.75 Å². The Kier molecular flexibility index (Phi) is 5.04. The van der Waals surface area contributed by atoms with Gasteiger partial charge in [-0.25, -0.2) is 0 Å². The lowest BCUT2D eigenvalue weighted by Crippen LogP contribution is -2.15. The lowest BCUT2D eigenvalue weighted by atomic mass is 10.1. The van der Waals surface area contributed by atoms with Crippen LogP contribution >= 0.6 is 0 Å². The van der Waals surface area contributed by atoms with Crippen molar-refractivity contribution < 1.29 is 4.74 Å². The Hall–Kier alpha value is -1.74. The Morgan fingerprint density at radius 1 is 1.21 bits per heavy atom. The van der Waals surface area contributed by atoms with Gasteiger partial charge in [0, 0.05) is 19.3 Å². The summed E-state index contributed by atoms with van der Waals surface area (Å²) in [4.78, 5) is 2.17. The van der Waals surface area contributed by atoms with Crippen LogP contribution in [0.3, 0.4) is 0 Å². The van der Waals surface area contributed by atoms with Gasteiger partial charge < -0.3 is 15.0 Å². The molecule has 1 heterocycles. The number of hydrogen-bond acceptors (Lipinski definition) is 3. The quantitative estimate of drug-likeness (QED) is 0.794. The Morgan fingerprint density at radius 2 is 2.00 bits per heavy atom. The van der Waals surface area contributed by atoms with Gasteiger partial charge in [0.15, 0.2) is 0 Å². The number of nitrogens with zero attached hydrogens (tertiary/aromatic N) is 1. The first-order chi connectivity index (χ1) is 9.25. The van der Waals surface area contributed by atoms with Crippen molar-refractivity contribution in [2.24, 2.45) is 0 Å². The summed E-state index contributed by atoms with van der Waals surface area (Å²) in [5.74, 6) is 0.941. The topological polar surface area (TPSA) is 24.5 Å². The summed E-state index contributed by atoms with van der Waals surface area (Å²) in [7, 11) is 4.16. The smallest absolute Gasteiger partial charge is 0.119 e. The largest absolute Gasteiger partial charge is 0.494 e. The monoisotopic (exact) mass is 258 g/mol. The minimum absolute atomic E-state index is 0.766. The molecule has 3 nitrogen and oxygen atoms in total. The third-order valence-corrected chi connectivity index (χ3v) is 3.00. The molecule has 0 aromatic heterocycles. The summed E-state index contributed by atoms with van der Waals surface area (Å²) in [5, 5.41) is 3.22. The minimum atomic E-state index is 0.766. The highest BCUT2D eigenvalue weighted by atomic mass is 16.5. The Bertz CT molecular complexity index is 446. The molecular formula is C16H22N2O. The van der Waals surface area contributed by atoms with E-state index >= 15 is 0 Å². The van der Waals surface area contributed by atoms with E-state index in [0.717, 1.165) is 31.9 Å². The highest BCUT2D eigenvalue weighted by molar-refractivity contribution is 5.74. The third-order valence-electron chi connectivity index (χ3n) is 3.00. The van der Waals surface area contributed by atoms with E-state index in [1.807, 2.05) is 18.3 Å². The highest BCUT2D eigenvalue weighted by Gasteiger charge is 2.01. The molecule has 0 amide bonds. The molecule has 0 aliphatic carbocycles. The van der Waals surface area contributed by atoms with Crippen LogP contribution in [0.4, 0.5) is 0 Å². The first-order valence-corrected chi connectivity index (χ1v) is 6.74. The fraction of sp³-hybridized carbons (Fsp3) is 0.375.